The number of nitrogens with one attached hydrogen (secondary N) is 1. The third-order valence-corrected chi connectivity index (χ3v) is 6.23. The zero-order chi connectivity index (χ0) is 28.3. The van der Waals surface area contributed by atoms with Crippen molar-refractivity contribution in [3.05, 3.63) is 59.0 Å². The highest BCUT2D eigenvalue weighted by molar-refractivity contribution is 5.94. The molecule has 0 saturated carbocycles. The topological polar surface area (TPSA) is 205 Å². The largest absolute Gasteiger partial charge is 0.508 e. The van der Waals surface area contributed by atoms with Crippen molar-refractivity contribution in [1.82, 2.24) is 5.32 Å². The number of ether oxygens (including phenoxy) is 3. The quantitative estimate of drug-likeness (QED) is 0.153. The molecule has 0 aliphatic carbocycles. The third-order valence-electron chi connectivity index (χ3n) is 6.23. The van der Waals surface area contributed by atoms with Crippen LogP contribution in [0.15, 0.2) is 57.9 Å². The maximum absolute atomic E-state index is 13.0. The summed E-state index contributed by atoms with van der Waals surface area (Å²) in [4.78, 5) is 36.4. The number of carbonyl (C=O) groups is 2. The number of aliphatic carboxylic acids is 1. The summed E-state index contributed by atoms with van der Waals surface area (Å²) in [5, 5.41) is 52.4. The average molecular weight is 545 g/mol. The van der Waals surface area contributed by atoms with E-state index in [1.165, 1.54) is 43.6 Å². The van der Waals surface area contributed by atoms with Gasteiger partial charge in [-0.3, -0.25) is 14.4 Å². The van der Waals surface area contributed by atoms with Crippen LogP contribution in [0.4, 0.5) is 0 Å². The Morgan fingerprint density at radius 3 is 2.44 bits per heavy atom. The molecule has 13 nitrogen and oxygen atoms in total. The molecule has 0 bridgehead atoms. The summed E-state index contributed by atoms with van der Waals surface area (Å²) < 4.78 is 21.8. The number of aliphatic hydroxyl groups excluding tert-OH is 3. The van der Waals surface area contributed by atoms with Gasteiger partial charge in [-0.1, -0.05) is 12.1 Å². The number of phenols is 1. The lowest BCUT2D eigenvalue weighted by Gasteiger charge is -2.40. The van der Waals surface area contributed by atoms with Crippen LogP contribution in [0.25, 0.3) is 22.1 Å². The predicted molar refractivity (Wildman–Crippen MR) is 133 cm³/mol. The van der Waals surface area contributed by atoms with E-state index in [4.69, 9.17) is 18.6 Å². The van der Waals surface area contributed by atoms with Crippen molar-refractivity contribution in [2.45, 2.75) is 30.7 Å². The van der Waals surface area contributed by atoms with E-state index in [-0.39, 0.29) is 40.0 Å². The van der Waals surface area contributed by atoms with Gasteiger partial charge in [-0.05, 0) is 36.9 Å². The summed E-state index contributed by atoms with van der Waals surface area (Å²) in [5.74, 6) is -3.85. The molecule has 1 aromatic heterocycles. The molecule has 3 aromatic rings. The first kappa shape index (κ1) is 28.0. The van der Waals surface area contributed by atoms with Crippen molar-refractivity contribution in [3.8, 4) is 22.6 Å². The number of aliphatic hydroxyl groups is 3. The van der Waals surface area contributed by atoms with Crippen LogP contribution in [0, 0.1) is 5.92 Å². The number of phenolic OH excluding ortho intramolecular Hbond substituents is 1. The molecule has 208 valence electrons. The van der Waals surface area contributed by atoms with Crippen molar-refractivity contribution in [1.29, 1.82) is 0 Å². The molecule has 0 spiro atoms. The molecule has 1 saturated heterocycles. The minimum Gasteiger partial charge on any atom is -0.508 e. The van der Waals surface area contributed by atoms with Gasteiger partial charge in [-0.15, -0.1) is 0 Å². The monoisotopic (exact) mass is 545 g/mol. The van der Waals surface area contributed by atoms with Crippen LogP contribution in [0.3, 0.4) is 0 Å². The number of hydrogen-bond donors (Lipinski definition) is 6. The van der Waals surface area contributed by atoms with Gasteiger partial charge < -0.3 is 49.5 Å². The van der Waals surface area contributed by atoms with E-state index in [2.05, 4.69) is 5.32 Å². The summed E-state index contributed by atoms with van der Waals surface area (Å²) in [5.41, 5.74) is 0.639. The fraction of sp³-hybridized carbons (Fsp3) is 0.346. The van der Waals surface area contributed by atoms with Gasteiger partial charge in [-0.2, -0.15) is 0 Å². The number of fused-ring (bicyclic) bond motifs is 1. The molecular formula is C26H27NO12. The highest BCUT2D eigenvalue weighted by Crippen LogP contribution is 2.28. The number of carbonyl (C=O) groups excluding carboxylic acids is 1. The summed E-state index contributed by atoms with van der Waals surface area (Å²) in [6.45, 7) is -0.812. The van der Waals surface area contributed by atoms with Crippen LogP contribution in [0.1, 0.15) is 0 Å². The number of carboxylic acids is 1. The Hall–Kier alpha value is -4.01. The van der Waals surface area contributed by atoms with E-state index in [1.54, 1.807) is 12.1 Å². The predicted octanol–water partition coefficient (Wildman–Crippen LogP) is -0.185. The first-order valence-electron chi connectivity index (χ1n) is 11.9. The van der Waals surface area contributed by atoms with Gasteiger partial charge in [0, 0.05) is 12.6 Å². The molecule has 39 heavy (non-hydrogen) atoms. The minimum atomic E-state index is -1.74. The Bertz CT molecular complexity index is 1390. The second-order valence-electron chi connectivity index (χ2n) is 8.89. The Morgan fingerprint density at radius 2 is 1.77 bits per heavy atom. The first-order chi connectivity index (χ1) is 18.6. The molecule has 4 rings (SSSR count). The van der Waals surface area contributed by atoms with E-state index in [0.717, 1.165) is 0 Å². The van der Waals surface area contributed by atoms with E-state index in [1.807, 2.05) is 0 Å². The van der Waals surface area contributed by atoms with Gasteiger partial charge in [0.05, 0.1) is 10.9 Å². The molecule has 2 heterocycles. The Balaban J connectivity index is 1.49. The Morgan fingerprint density at radius 1 is 1.05 bits per heavy atom. The fourth-order valence-corrected chi connectivity index (χ4v) is 4.05. The molecule has 1 aliphatic rings. The molecule has 6 N–H and O–H groups in total. The van der Waals surface area contributed by atoms with Crippen LogP contribution in [-0.4, -0.2) is 88.4 Å². The number of rotatable bonds is 9. The number of esters is 1. The summed E-state index contributed by atoms with van der Waals surface area (Å²) in [7, 11) is 1.46. The van der Waals surface area contributed by atoms with Crippen LogP contribution >= 0.6 is 0 Å². The lowest BCUT2D eigenvalue weighted by Crippen LogP contribution is -2.60. The van der Waals surface area contributed by atoms with Crippen molar-refractivity contribution in [3.63, 3.8) is 0 Å². The van der Waals surface area contributed by atoms with Gasteiger partial charge in [0.15, 0.2) is 11.3 Å². The van der Waals surface area contributed by atoms with Gasteiger partial charge in [0.25, 0.3) is 0 Å². The van der Waals surface area contributed by atoms with Crippen molar-refractivity contribution in [2.24, 2.45) is 5.92 Å². The maximum Gasteiger partial charge on any atom is 0.321 e. The van der Waals surface area contributed by atoms with Crippen molar-refractivity contribution >= 4 is 22.9 Å². The number of carboxylic acid groups (broad SMARTS) is 1. The lowest BCUT2D eigenvalue weighted by atomic mass is 9.99. The average Bonchev–Trinajstić information content (AvgIpc) is 2.92. The molecule has 6 atom stereocenters. The van der Waals surface area contributed by atoms with E-state index in [0.29, 0.717) is 5.56 Å². The second-order valence-corrected chi connectivity index (χ2v) is 8.89. The lowest BCUT2D eigenvalue weighted by molar-refractivity contribution is -0.278. The van der Waals surface area contributed by atoms with E-state index >= 15 is 0 Å². The van der Waals surface area contributed by atoms with Crippen molar-refractivity contribution < 1.29 is 53.7 Å². The molecule has 13 heteroatoms. The molecule has 1 aliphatic heterocycles. The van der Waals surface area contributed by atoms with Gasteiger partial charge in [0.1, 0.15) is 54.4 Å². The Kier molecular flexibility index (Phi) is 8.47. The van der Waals surface area contributed by atoms with Gasteiger partial charge in [0.2, 0.25) is 6.29 Å². The molecule has 0 radical (unpaired) electrons. The SMILES string of the molecule is CNC[C@@H](C(=O)O)C(=O)OC[C@@H]1O[C@H](Oc2ccc3c(=O)c(-c4ccc(O)cc4)coc3c2)[C@@H](O)[C@H](O)[C@H]1O. The van der Waals surface area contributed by atoms with Crippen LogP contribution < -0.4 is 15.5 Å². The standard InChI is InChI=1S/C26H27NO12/c1-27-9-16(24(33)34)25(35)37-11-19-21(30)22(31)23(32)26(39-19)38-14-6-7-15-18(8-14)36-10-17(20(15)29)12-2-4-13(28)5-3-12/h2-8,10,16,19,21-23,26-28,30-32H,9,11H2,1H3,(H,33,34)/t16-,19-,21-,22+,23-,26-/m0/s1. The smallest absolute Gasteiger partial charge is 0.321 e. The highest BCUT2D eigenvalue weighted by atomic mass is 16.7. The van der Waals surface area contributed by atoms with E-state index in [9.17, 15) is 39.9 Å². The molecular weight excluding hydrogens is 518 g/mol. The number of hydrogen-bond acceptors (Lipinski definition) is 12. The summed E-state index contributed by atoms with van der Waals surface area (Å²) in [6, 6.07) is 10.3. The Labute approximate surface area is 220 Å². The van der Waals surface area contributed by atoms with Crippen molar-refractivity contribution in [2.75, 3.05) is 20.2 Å². The first-order valence-corrected chi connectivity index (χ1v) is 11.9. The highest BCUT2D eigenvalue weighted by Gasteiger charge is 2.46. The number of aromatic hydroxyl groups is 1. The minimum absolute atomic E-state index is 0.0501. The molecule has 1 fully saturated rings. The zero-order valence-corrected chi connectivity index (χ0v) is 20.6. The van der Waals surface area contributed by atoms with Crippen LogP contribution in [0.5, 0.6) is 11.5 Å². The van der Waals surface area contributed by atoms with E-state index < -0.39 is 55.2 Å². The zero-order valence-electron chi connectivity index (χ0n) is 20.6. The summed E-state index contributed by atoms with van der Waals surface area (Å²) >= 11 is 0. The normalized spacial score (nSPS) is 23.7. The third kappa shape index (κ3) is 6.02. The summed E-state index contributed by atoms with van der Waals surface area (Å²) in [6.07, 6.45) is -6.75. The molecule has 2 aromatic carbocycles. The molecule has 0 unspecified atom stereocenters. The molecule has 0 amide bonds. The van der Waals surface area contributed by atoms with Crippen LogP contribution in [-0.2, 0) is 19.1 Å². The van der Waals surface area contributed by atoms with Gasteiger partial charge >= 0.3 is 11.9 Å². The van der Waals surface area contributed by atoms with Gasteiger partial charge in [-0.25, -0.2) is 0 Å². The maximum atomic E-state index is 13.0. The fourth-order valence-electron chi connectivity index (χ4n) is 4.05. The van der Waals surface area contributed by atoms with Crippen LogP contribution in [0.2, 0.25) is 0 Å². The second kappa shape index (κ2) is 11.8. The number of benzene rings is 2.